The third kappa shape index (κ3) is 49.2. The monoisotopic (exact) mass is 817 g/mol. The van der Waals surface area contributed by atoms with Crippen molar-refractivity contribution in [3.05, 3.63) is 0 Å². The molecule has 4 nitrogen and oxygen atoms in total. The van der Waals surface area contributed by atoms with Gasteiger partial charge in [-0.15, -0.1) is 0 Å². The third-order valence-corrected chi connectivity index (χ3v) is 12.5. The number of esters is 2. The molecule has 0 atom stereocenters. The number of hydrogen-bond acceptors (Lipinski definition) is 4. The van der Waals surface area contributed by atoms with E-state index in [2.05, 4.69) is 20.8 Å². The predicted octanol–water partition coefficient (Wildman–Crippen LogP) is 18.6. The van der Waals surface area contributed by atoms with E-state index in [0.717, 1.165) is 57.3 Å². The van der Waals surface area contributed by atoms with Crippen LogP contribution >= 0.6 is 0 Å². The van der Waals surface area contributed by atoms with E-state index < -0.39 is 0 Å². The predicted molar refractivity (Wildman–Crippen MR) is 254 cm³/mol. The van der Waals surface area contributed by atoms with E-state index in [0.29, 0.717) is 18.6 Å². The first-order chi connectivity index (χ1) is 28.5. The zero-order valence-corrected chi connectivity index (χ0v) is 39.9. The highest BCUT2D eigenvalue weighted by Gasteiger charge is 2.10. The quantitative estimate of drug-likeness (QED) is 0.0349. The van der Waals surface area contributed by atoms with Gasteiger partial charge in [-0.1, -0.05) is 271 Å². The first kappa shape index (κ1) is 56.8. The first-order valence-electron chi connectivity index (χ1n) is 26.7. The molecule has 0 aliphatic carbocycles. The van der Waals surface area contributed by atoms with Crippen LogP contribution in [0.15, 0.2) is 0 Å². The number of ketones is 1. The summed E-state index contributed by atoms with van der Waals surface area (Å²) in [6.45, 7) is 6.94. The maximum absolute atomic E-state index is 12.2. The van der Waals surface area contributed by atoms with Gasteiger partial charge in [-0.25, -0.2) is 0 Å². The number of hydrogen-bond donors (Lipinski definition) is 0. The minimum Gasteiger partial charge on any atom is -0.393 e. The molecule has 0 aromatic carbocycles. The molecule has 0 aliphatic rings. The van der Waals surface area contributed by atoms with Crippen LogP contribution in [-0.2, 0) is 19.1 Å². The number of ether oxygens (including phenoxy) is 1. The van der Waals surface area contributed by atoms with Crippen LogP contribution in [0.5, 0.6) is 0 Å². The fraction of sp³-hybridized carbons (Fsp3) is 0.944. The molecule has 344 valence electrons. The van der Waals surface area contributed by atoms with E-state index in [1.165, 1.54) is 238 Å². The first-order valence-corrected chi connectivity index (χ1v) is 26.7. The highest BCUT2D eigenvalue weighted by atomic mass is 16.6. The Bertz CT molecular complexity index is 850. The van der Waals surface area contributed by atoms with E-state index in [-0.39, 0.29) is 11.9 Å². The second kappa shape index (κ2) is 48.5. The van der Waals surface area contributed by atoms with E-state index in [4.69, 9.17) is 4.74 Å². The van der Waals surface area contributed by atoms with Gasteiger partial charge in [0.05, 0.1) is 0 Å². The molecule has 0 aromatic heterocycles. The lowest BCUT2D eigenvalue weighted by Gasteiger charge is -2.05. The fourth-order valence-corrected chi connectivity index (χ4v) is 8.53. The van der Waals surface area contributed by atoms with Crippen LogP contribution in [-0.4, -0.2) is 17.7 Å². The Kier molecular flexibility index (Phi) is 47.5. The summed E-state index contributed by atoms with van der Waals surface area (Å²) in [5.74, 6) is 0.704. The minimum absolute atomic E-state index is 0.330. The fourth-order valence-electron chi connectivity index (χ4n) is 8.53. The van der Waals surface area contributed by atoms with Gasteiger partial charge in [-0.3, -0.25) is 14.4 Å². The molecule has 58 heavy (non-hydrogen) atoms. The lowest BCUT2D eigenvalue weighted by atomic mass is 10.0. The van der Waals surface area contributed by atoms with Crippen LogP contribution in [0, 0.1) is 5.92 Å². The number of carbonyl (C=O) groups excluding carboxylic acids is 3. The van der Waals surface area contributed by atoms with Crippen LogP contribution in [0.1, 0.15) is 323 Å². The summed E-state index contributed by atoms with van der Waals surface area (Å²) in [5.41, 5.74) is 0. The van der Waals surface area contributed by atoms with Gasteiger partial charge in [0.15, 0.2) is 0 Å². The van der Waals surface area contributed by atoms with Crippen molar-refractivity contribution in [3.8, 4) is 0 Å². The van der Waals surface area contributed by atoms with Crippen molar-refractivity contribution in [2.45, 2.75) is 323 Å². The van der Waals surface area contributed by atoms with Gasteiger partial charge in [-0.2, -0.15) is 0 Å². The molecule has 0 spiro atoms. The molecule has 0 heterocycles. The smallest absolute Gasteiger partial charge is 0.313 e. The zero-order chi connectivity index (χ0) is 42.3. The van der Waals surface area contributed by atoms with Crippen LogP contribution in [0.25, 0.3) is 0 Å². The number of unbranched alkanes of at least 4 members (excludes halogenated alkanes) is 39. The third-order valence-electron chi connectivity index (χ3n) is 12.5. The van der Waals surface area contributed by atoms with Crippen molar-refractivity contribution in [1.82, 2.24) is 0 Å². The van der Waals surface area contributed by atoms with Crippen LogP contribution in [0.4, 0.5) is 0 Å². The Hall–Kier alpha value is -1.19. The van der Waals surface area contributed by atoms with Crippen LogP contribution < -0.4 is 0 Å². The molecule has 0 aromatic rings. The number of Topliss-reactive ketones (excluding diaryl/α,β-unsaturated/α-hetero) is 1. The maximum atomic E-state index is 12.2. The Morgan fingerprint density at radius 3 is 0.741 bits per heavy atom. The molecular formula is C54H104O4. The number of rotatable bonds is 49. The summed E-state index contributed by atoms with van der Waals surface area (Å²) in [5, 5.41) is 0. The van der Waals surface area contributed by atoms with Crippen LogP contribution in [0.3, 0.4) is 0 Å². The van der Waals surface area contributed by atoms with Crippen molar-refractivity contribution >= 4 is 17.7 Å². The topological polar surface area (TPSA) is 60.4 Å². The van der Waals surface area contributed by atoms with Gasteiger partial charge >= 0.3 is 11.9 Å². The van der Waals surface area contributed by atoms with Crippen molar-refractivity contribution in [2.24, 2.45) is 5.92 Å². The van der Waals surface area contributed by atoms with Crippen molar-refractivity contribution in [1.29, 1.82) is 0 Å². The Morgan fingerprint density at radius 2 is 0.500 bits per heavy atom. The SMILES string of the molecule is CCCCCCCCCCCCCCCCCC(=O)OC(=O)CCCCCCCCCCCCCCCCCC(=O)CCCCCCCCCCCCCCC(C)C. The standard InChI is InChI=1S/C54H104O4/c1-4-5-6-7-8-9-10-11-13-17-24-29-34-39-44-49-53(56)58-54(57)50-45-40-35-30-25-18-15-12-14-16-22-27-32-37-42-47-52(55)48-43-38-33-28-23-20-19-21-26-31-36-41-46-51(2)3/h51H,4-50H2,1-3H3. The normalized spacial score (nSPS) is 11.5. The zero-order valence-electron chi connectivity index (χ0n) is 39.9. The van der Waals surface area contributed by atoms with E-state index in [9.17, 15) is 14.4 Å². The second-order valence-corrected chi connectivity index (χ2v) is 19.1. The van der Waals surface area contributed by atoms with E-state index >= 15 is 0 Å². The largest absolute Gasteiger partial charge is 0.393 e. The Labute approximate surface area is 364 Å². The Balaban J connectivity index is 3.28. The molecule has 0 saturated heterocycles. The van der Waals surface area contributed by atoms with Gasteiger partial charge < -0.3 is 4.74 Å². The molecule has 0 aliphatic heterocycles. The van der Waals surface area contributed by atoms with Crippen molar-refractivity contribution in [3.63, 3.8) is 0 Å². The van der Waals surface area contributed by atoms with Gasteiger partial charge in [-0.05, 0) is 31.6 Å². The van der Waals surface area contributed by atoms with Gasteiger partial charge in [0.25, 0.3) is 0 Å². The lowest BCUT2D eigenvalue weighted by molar-refractivity contribution is -0.159. The summed E-state index contributed by atoms with van der Waals surface area (Å²) in [4.78, 5) is 36.3. The Morgan fingerprint density at radius 1 is 0.293 bits per heavy atom. The maximum Gasteiger partial charge on any atom is 0.313 e. The molecule has 0 saturated carbocycles. The summed E-state index contributed by atoms with van der Waals surface area (Å²) in [7, 11) is 0. The molecule has 4 heteroatoms. The molecular weight excluding hydrogens is 713 g/mol. The summed E-state index contributed by atoms with van der Waals surface area (Å²) >= 11 is 0. The molecule has 0 N–H and O–H groups in total. The van der Waals surface area contributed by atoms with Gasteiger partial charge in [0.1, 0.15) is 5.78 Å². The minimum atomic E-state index is -0.332. The van der Waals surface area contributed by atoms with Gasteiger partial charge in [0, 0.05) is 25.7 Å². The molecule has 0 fully saturated rings. The van der Waals surface area contributed by atoms with Crippen molar-refractivity contribution in [2.75, 3.05) is 0 Å². The highest BCUT2D eigenvalue weighted by Crippen LogP contribution is 2.18. The van der Waals surface area contributed by atoms with E-state index in [1.807, 2.05) is 0 Å². The average molecular weight is 817 g/mol. The number of carbonyl (C=O) groups is 3. The summed E-state index contributed by atoms with van der Waals surface area (Å²) in [6.07, 6.45) is 58.3. The lowest BCUT2D eigenvalue weighted by Crippen LogP contribution is -2.11. The van der Waals surface area contributed by atoms with Crippen LogP contribution in [0.2, 0.25) is 0 Å². The molecule has 0 amide bonds. The molecule has 0 bridgehead atoms. The second-order valence-electron chi connectivity index (χ2n) is 19.1. The summed E-state index contributed by atoms with van der Waals surface area (Å²) < 4.78 is 5.05. The average Bonchev–Trinajstić information content (AvgIpc) is 3.20. The summed E-state index contributed by atoms with van der Waals surface area (Å²) in [6, 6.07) is 0. The van der Waals surface area contributed by atoms with Crippen molar-refractivity contribution < 1.29 is 19.1 Å². The molecule has 0 radical (unpaired) electrons. The van der Waals surface area contributed by atoms with Gasteiger partial charge in [0.2, 0.25) is 0 Å². The van der Waals surface area contributed by atoms with E-state index in [1.54, 1.807) is 0 Å². The molecule has 0 rings (SSSR count). The molecule has 0 unspecified atom stereocenters. The highest BCUT2D eigenvalue weighted by molar-refractivity contribution is 5.85.